The van der Waals surface area contributed by atoms with Crippen molar-refractivity contribution < 1.29 is 19.4 Å². The second-order valence-corrected chi connectivity index (χ2v) is 5.49. The lowest BCUT2D eigenvalue weighted by Gasteiger charge is -2.13. The molecule has 0 bridgehead atoms. The van der Waals surface area contributed by atoms with Crippen LogP contribution in [-0.2, 0) is 9.59 Å². The van der Waals surface area contributed by atoms with E-state index in [0.717, 1.165) is 5.56 Å². The SMILES string of the molecule is CC(C(=O)Nc1ccc(OCCCC(=O)O)cc1)c1ccccc1. The lowest BCUT2D eigenvalue weighted by molar-refractivity contribution is -0.137. The van der Waals surface area contributed by atoms with Gasteiger partial charge in [0.15, 0.2) is 0 Å². The first kappa shape index (κ1) is 17.5. The Balaban J connectivity index is 1.85. The summed E-state index contributed by atoms with van der Waals surface area (Å²) in [7, 11) is 0. The third kappa shape index (κ3) is 5.43. The van der Waals surface area contributed by atoms with Gasteiger partial charge in [0, 0.05) is 12.1 Å². The maximum atomic E-state index is 12.3. The number of anilines is 1. The van der Waals surface area contributed by atoms with Crippen molar-refractivity contribution in [1.29, 1.82) is 0 Å². The molecular formula is C19H21NO4. The van der Waals surface area contributed by atoms with Crippen LogP contribution >= 0.6 is 0 Å². The van der Waals surface area contributed by atoms with E-state index >= 15 is 0 Å². The van der Waals surface area contributed by atoms with Gasteiger partial charge in [-0.1, -0.05) is 30.3 Å². The van der Waals surface area contributed by atoms with Gasteiger partial charge in [0.2, 0.25) is 5.91 Å². The zero-order chi connectivity index (χ0) is 17.4. The third-order valence-electron chi connectivity index (χ3n) is 3.62. The minimum Gasteiger partial charge on any atom is -0.494 e. The summed E-state index contributed by atoms with van der Waals surface area (Å²) >= 11 is 0. The van der Waals surface area contributed by atoms with Crippen LogP contribution in [0, 0.1) is 0 Å². The fraction of sp³-hybridized carbons (Fsp3) is 0.263. The number of amides is 1. The van der Waals surface area contributed by atoms with E-state index in [1.165, 1.54) is 0 Å². The van der Waals surface area contributed by atoms with Gasteiger partial charge in [-0.25, -0.2) is 0 Å². The molecule has 0 aliphatic rings. The summed E-state index contributed by atoms with van der Waals surface area (Å²) < 4.78 is 5.46. The van der Waals surface area contributed by atoms with Crippen LogP contribution in [0.25, 0.3) is 0 Å². The number of hydrogen-bond acceptors (Lipinski definition) is 3. The fourth-order valence-electron chi connectivity index (χ4n) is 2.19. The van der Waals surface area contributed by atoms with Crippen LogP contribution in [0.5, 0.6) is 5.75 Å². The average Bonchev–Trinajstić information content (AvgIpc) is 2.60. The molecular weight excluding hydrogens is 306 g/mol. The number of ether oxygens (including phenoxy) is 1. The van der Waals surface area contributed by atoms with Gasteiger partial charge >= 0.3 is 5.97 Å². The summed E-state index contributed by atoms with van der Waals surface area (Å²) in [6.45, 7) is 2.22. The Labute approximate surface area is 141 Å². The molecule has 0 aliphatic carbocycles. The maximum Gasteiger partial charge on any atom is 0.303 e. The number of rotatable bonds is 8. The molecule has 0 radical (unpaired) electrons. The normalized spacial score (nSPS) is 11.5. The molecule has 0 saturated heterocycles. The molecule has 2 aromatic rings. The first-order chi connectivity index (χ1) is 11.6. The number of carboxylic acids is 1. The van der Waals surface area contributed by atoms with E-state index in [9.17, 15) is 9.59 Å². The van der Waals surface area contributed by atoms with Gasteiger partial charge in [0.1, 0.15) is 5.75 Å². The van der Waals surface area contributed by atoms with Gasteiger partial charge in [0.05, 0.1) is 12.5 Å². The highest BCUT2D eigenvalue weighted by molar-refractivity contribution is 5.95. The maximum absolute atomic E-state index is 12.3. The minimum atomic E-state index is -0.829. The van der Waals surface area contributed by atoms with E-state index < -0.39 is 5.97 Å². The Morgan fingerprint density at radius 1 is 1.08 bits per heavy atom. The Bertz CT molecular complexity index is 668. The molecule has 1 atom stereocenters. The summed E-state index contributed by atoms with van der Waals surface area (Å²) in [5.74, 6) is -0.492. The second-order valence-electron chi connectivity index (χ2n) is 5.49. The van der Waals surface area contributed by atoms with Crippen molar-refractivity contribution in [2.75, 3.05) is 11.9 Å². The van der Waals surface area contributed by atoms with Gasteiger partial charge in [-0.05, 0) is 43.2 Å². The van der Waals surface area contributed by atoms with Crippen molar-refractivity contribution in [2.24, 2.45) is 0 Å². The van der Waals surface area contributed by atoms with E-state index in [1.54, 1.807) is 24.3 Å². The van der Waals surface area contributed by atoms with Crippen LogP contribution in [0.1, 0.15) is 31.2 Å². The van der Waals surface area contributed by atoms with Crippen LogP contribution in [0.4, 0.5) is 5.69 Å². The fourth-order valence-corrected chi connectivity index (χ4v) is 2.19. The highest BCUT2D eigenvalue weighted by Crippen LogP contribution is 2.20. The highest BCUT2D eigenvalue weighted by Gasteiger charge is 2.14. The van der Waals surface area contributed by atoms with E-state index in [-0.39, 0.29) is 18.2 Å². The molecule has 0 heterocycles. The summed E-state index contributed by atoms with van der Waals surface area (Å²) in [6.07, 6.45) is 0.550. The molecule has 0 fully saturated rings. The Morgan fingerprint density at radius 2 is 1.75 bits per heavy atom. The molecule has 0 spiro atoms. The number of hydrogen-bond donors (Lipinski definition) is 2. The van der Waals surface area contributed by atoms with Crippen LogP contribution < -0.4 is 10.1 Å². The van der Waals surface area contributed by atoms with Gasteiger partial charge in [0.25, 0.3) is 0 Å². The predicted molar refractivity (Wildman–Crippen MR) is 92.3 cm³/mol. The average molecular weight is 327 g/mol. The second kappa shape index (κ2) is 8.72. The molecule has 5 heteroatoms. The number of carboxylic acid groups (broad SMARTS) is 1. The summed E-state index contributed by atoms with van der Waals surface area (Å²) in [4.78, 5) is 22.7. The minimum absolute atomic E-state index is 0.0728. The van der Waals surface area contributed by atoms with Crippen molar-refractivity contribution >= 4 is 17.6 Å². The molecule has 24 heavy (non-hydrogen) atoms. The lowest BCUT2D eigenvalue weighted by Crippen LogP contribution is -2.18. The molecule has 2 N–H and O–H groups in total. The van der Waals surface area contributed by atoms with Crippen molar-refractivity contribution in [1.82, 2.24) is 0 Å². The Morgan fingerprint density at radius 3 is 2.38 bits per heavy atom. The largest absolute Gasteiger partial charge is 0.494 e. The van der Waals surface area contributed by atoms with E-state index in [0.29, 0.717) is 24.5 Å². The molecule has 0 saturated carbocycles. The lowest BCUT2D eigenvalue weighted by atomic mass is 10.0. The zero-order valence-electron chi connectivity index (χ0n) is 13.6. The monoisotopic (exact) mass is 327 g/mol. The van der Waals surface area contributed by atoms with Gasteiger partial charge in [-0.15, -0.1) is 0 Å². The number of nitrogens with one attached hydrogen (secondary N) is 1. The van der Waals surface area contributed by atoms with Crippen LogP contribution in [0.15, 0.2) is 54.6 Å². The summed E-state index contributed by atoms with van der Waals surface area (Å²) in [5, 5.41) is 11.4. The molecule has 126 valence electrons. The molecule has 1 unspecified atom stereocenters. The quantitative estimate of drug-likeness (QED) is 0.725. The number of aliphatic carboxylic acids is 1. The number of carbonyl (C=O) groups is 2. The standard InChI is InChI=1S/C19H21NO4/c1-14(15-6-3-2-4-7-15)19(23)20-16-9-11-17(12-10-16)24-13-5-8-18(21)22/h2-4,6-7,9-12,14H,5,8,13H2,1H3,(H,20,23)(H,21,22). The number of carbonyl (C=O) groups excluding carboxylic acids is 1. The van der Waals surface area contributed by atoms with E-state index in [1.807, 2.05) is 37.3 Å². The third-order valence-corrected chi connectivity index (χ3v) is 3.62. The predicted octanol–water partition coefficient (Wildman–Crippen LogP) is 3.67. The smallest absolute Gasteiger partial charge is 0.303 e. The highest BCUT2D eigenvalue weighted by atomic mass is 16.5. The Kier molecular flexibility index (Phi) is 6.37. The molecule has 2 aromatic carbocycles. The van der Waals surface area contributed by atoms with Crippen LogP contribution in [0.2, 0.25) is 0 Å². The summed E-state index contributed by atoms with van der Waals surface area (Å²) in [5.41, 5.74) is 1.66. The van der Waals surface area contributed by atoms with E-state index in [4.69, 9.17) is 9.84 Å². The molecule has 5 nitrogen and oxygen atoms in total. The van der Waals surface area contributed by atoms with Crippen molar-refractivity contribution in [2.45, 2.75) is 25.7 Å². The van der Waals surface area contributed by atoms with Crippen molar-refractivity contribution in [3.63, 3.8) is 0 Å². The number of benzene rings is 2. The zero-order valence-corrected chi connectivity index (χ0v) is 13.6. The topological polar surface area (TPSA) is 75.6 Å². The first-order valence-electron chi connectivity index (χ1n) is 7.86. The van der Waals surface area contributed by atoms with Crippen LogP contribution in [0.3, 0.4) is 0 Å². The van der Waals surface area contributed by atoms with Gasteiger partial charge in [-0.2, -0.15) is 0 Å². The first-order valence-corrected chi connectivity index (χ1v) is 7.86. The molecule has 2 rings (SSSR count). The van der Waals surface area contributed by atoms with E-state index in [2.05, 4.69) is 5.32 Å². The molecule has 0 aromatic heterocycles. The van der Waals surface area contributed by atoms with Gasteiger partial charge in [-0.3, -0.25) is 9.59 Å². The van der Waals surface area contributed by atoms with Gasteiger partial charge < -0.3 is 15.2 Å². The molecule has 0 aliphatic heterocycles. The molecule has 1 amide bonds. The van der Waals surface area contributed by atoms with Crippen LogP contribution in [-0.4, -0.2) is 23.6 Å². The Hall–Kier alpha value is -2.82. The summed E-state index contributed by atoms with van der Waals surface area (Å²) in [6, 6.07) is 16.6. The van der Waals surface area contributed by atoms with Crippen molar-refractivity contribution in [3.8, 4) is 5.75 Å². The van der Waals surface area contributed by atoms with Crippen molar-refractivity contribution in [3.05, 3.63) is 60.2 Å².